The molecule has 3 aromatic heterocycles. The van der Waals surface area contributed by atoms with E-state index in [0.29, 0.717) is 24.1 Å². The fourth-order valence-electron chi connectivity index (χ4n) is 3.33. The van der Waals surface area contributed by atoms with E-state index in [0.717, 1.165) is 11.8 Å². The van der Waals surface area contributed by atoms with Gasteiger partial charge in [0.1, 0.15) is 5.69 Å². The van der Waals surface area contributed by atoms with Gasteiger partial charge in [0.2, 0.25) is 5.82 Å². The first-order valence-corrected chi connectivity index (χ1v) is 8.95. The van der Waals surface area contributed by atoms with E-state index in [2.05, 4.69) is 25.3 Å². The third-order valence-corrected chi connectivity index (χ3v) is 4.96. The minimum atomic E-state index is -4.47. The van der Waals surface area contributed by atoms with E-state index >= 15 is 0 Å². The maximum absolute atomic E-state index is 12.8. The Balaban J connectivity index is 1.39. The van der Waals surface area contributed by atoms with Gasteiger partial charge < -0.3 is 9.88 Å². The lowest BCUT2D eigenvalue weighted by molar-refractivity contribution is -0.141. The number of carbonyl (C=O) groups excluding carboxylic acids is 1. The lowest BCUT2D eigenvalue weighted by Crippen LogP contribution is -2.44. The maximum atomic E-state index is 12.8. The number of pyridine rings is 1. The zero-order valence-corrected chi connectivity index (χ0v) is 15.4. The Morgan fingerprint density at radius 1 is 1.21 bits per heavy atom. The Labute approximate surface area is 164 Å². The van der Waals surface area contributed by atoms with Crippen LogP contribution < -0.4 is 5.32 Å². The highest BCUT2D eigenvalue weighted by molar-refractivity contribution is 5.91. The topological polar surface area (TPSA) is 85.6 Å². The molecule has 1 aliphatic carbocycles. The van der Waals surface area contributed by atoms with Crippen LogP contribution in [0.5, 0.6) is 0 Å². The van der Waals surface area contributed by atoms with Crippen LogP contribution in [-0.4, -0.2) is 36.5 Å². The normalized spacial score (nSPS) is 18.9. The van der Waals surface area contributed by atoms with Gasteiger partial charge in [-0.1, -0.05) is 0 Å². The smallest absolute Gasteiger partial charge is 0.347 e. The minimum Gasteiger partial charge on any atom is -0.347 e. The van der Waals surface area contributed by atoms with E-state index in [1.807, 2.05) is 7.05 Å². The number of aromatic nitrogens is 5. The van der Waals surface area contributed by atoms with Gasteiger partial charge in [0.15, 0.2) is 0 Å². The highest BCUT2D eigenvalue weighted by Gasteiger charge is 2.36. The molecule has 7 nitrogen and oxygen atoms in total. The van der Waals surface area contributed by atoms with Gasteiger partial charge in [0, 0.05) is 25.5 Å². The molecule has 29 heavy (non-hydrogen) atoms. The van der Waals surface area contributed by atoms with Crippen LogP contribution in [0.15, 0.2) is 43.1 Å². The van der Waals surface area contributed by atoms with Crippen molar-refractivity contribution >= 4 is 5.91 Å². The number of amides is 1. The number of carbonyl (C=O) groups is 1. The van der Waals surface area contributed by atoms with E-state index in [9.17, 15) is 18.0 Å². The summed E-state index contributed by atoms with van der Waals surface area (Å²) in [5, 5.41) is 2.84. The van der Waals surface area contributed by atoms with Crippen molar-refractivity contribution in [2.45, 2.75) is 31.0 Å². The molecule has 3 aromatic rings. The van der Waals surface area contributed by atoms with E-state index in [1.165, 1.54) is 12.4 Å². The number of nitrogens with zero attached hydrogens (tertiary/aromatic N) is 5. The number of rotatable bonds is 4. The van der Waals surface area contributed by atoms with Crippen molar-refractivity contribution in [3.05, 3.63) is 60.2 Å². The van der Waals surface area contributed by atoms with E-state index in [4.69, 9.17) is 0 Å². The molecular formula is C19H17F3N6O. The Bertz CT molecular complexity index is 1040. The van der Waals surface area contributed by atoms with Crippen molar-refractivity contribution in [2.24, 2.45) is 7.05 Å². The van der Waals surface area contributed by atoms with Gasteiger partial charge in [-0.2, -0.15) is 13.2 Å². The summed E-state index contributed by atoms with van der Waals surface area (Å²) in [7, 11) is 1.82. The van der Waals surface area contributed by atoms with Crippen molar-refractivity contribution in [3.8, 4) is 11.4 Å². The lowest BCUT2D eigenvalue weighted by atomic mass is 9.76. The largest absolute Gasteiger partial charge is 0.433 e. The second kappa shape index (κ2) is 7.26. The first-order valence-electron chi connectivity index (χ1n) is 8.95. The summed E-state index contributed by atoms with van der Waals surface area (Å²) in [6.07, 6.45) is 2.58. The van der Waals surface area contributed by atoms with Crippen LogP contribution in [0.2, 0.25) is 0 Å². The van der Waals surface area contributed by atoms with Gasteiger partial charge >= 0.3 is 6.18 Å². The molecule has 0 saturated heterocycles. The number of nitrogens with one attached hydrogen (secondary N) is 1. The molecule has 0 unspecified atom stereocenters. The lowest BCUT2D eigenvalue weighted by Gasteiger charge is -2.36. The molecule has 1 N–H and O–H groups in total. The second-order valence-electron chi connectivity index (χ2n) is 6.97. The zero-order chi connectivity index (χ0) is 20.6. The van der Waals surface area contributed by atoms with Gasteiger partial charge in [-0.25, -0.2) is 15.0 Å². The van der Waals surface area contributed by atoms with Crippen molar-refractivity contribution in [1.29, 1.82) is 0 Å². The third-order valence-electron chi connectivity index (χ3n) is 4.96. The van der Waals surface area contributed by atoms with Gasteiger partial charge in [-0.15, -0.1) is 0 Å². The van der Waals surface area contributed by atoms with E-state index in [-0.39, 0.29) is 17.8 Å². The fraction of sp³-hybridized carbons (Fsp3) is 0.316. The van der Waals surface area contributed by atoms with Crippen molar-refractivity contribution in [2.75, 3.05) is 0 Å². The number of alkyl halides is 3. The quantitative estimate of drug-likeness (QED) is 0.725. The molecule has 0 atom stereocenters. The van der Waals surface area contributed by atoms with Gasteiger partial charge in [0.05, 0.1) is 23.9 Å². The van der Waals surface area contributed by atoms with Gasteiger partial charge in [-0.3, -0.25) is 9.78 Å². The summed E-state index contributed by atoms with van der Waals surface area (Å²) in [4.78, 5) is 28.2. The predicted octanol–water partition coefficient (Wildman–Crippen LogP) is 2.97. The molecule has 0 aliphatic heterocycles. The molecule has 10 heteroatoms. The average molecular weight is 402 g/mol. The maximum Gasteiger partial charge on any atom is 0.433 e. The average Bonchev–Trinajstić information content (AvgIpc) is 3.09. The van der Waals surface area contributed by atoms with Crippen LogP contribution in [0.25, 0.3) is 11.4 Å². The standard InChI is InChI=1S/C19H17F3N6O/c1-28-10-23-9-15(28)14-3-5-25-17(27-14)18(29)26-13-6-12(7-13)11-2-4-24-16(8-11)19(20,21)22/h2-5,8-10,12-13H,6-7H2,1H3,(H,26,29)/t12-,13-. The number of halogens is 3. The molecule has 1 aliphatic rings. The number of aryl methyl sites for hydroxylation is 1. The fourth-order valence-corrected chi connectivity index (χ4v) is 3.33. The Morgan fingerprint density at radius 2 is 1.97 bits per heavy atom. The Kier molecular flexibility index (Phi) is 4.77. The highest BCUT2D eigenvalue weighted by atomic mass is 19.4. The van der Waals surface area contributed by atoms with Crippen LogP contribution in [0.4, 0.5) is 13.2 Å². The minimum absolute atomic E-state index is 0.0374. The molecule has 150 valence electrons. The van der Waals surface area contributed by atoms with Crippen molar-refractivity contribution < 1.29 is 18.0 Å². The summed E-state index contributed by atoms with van der Waals surface area (Å²) in [5.41, 5.74) is 1.01. The Morgan fingerprint density at radius 3 is 2.66 bits per heavy atom. The summed E-state index contributed by atoms with van der Waals surface area (Å²) < 4.78 is 40.2. The van der Waals surface area contributed by atoms with Crippen molar-refractivity contribution in [3.63, 3.8) is 0 Å². The SMILES string of the molecule is Cn1cncc1-c1ccnc(C(=O)N[C@H]2C[C@H](c3ccnc(C(F)(F)F)c3)C2)n1. The van der Waals surface area contributed by atoms with Crippen LogP contribution in [0.3, 0.4) is 0 Å². The summed E-state index contributed by atoms with van der Waals surface area (Å²) in [6, 6.07) is 4.20. The molecule has 1 fully saturated rings. The molecule has 1 amide bonds. The van der Waals surface area contributed by atoms with Crippen molar-refractivity contribution in [1.82, 2.24) is 29.8 Å². The molecule has 0 spiro atoms. The zero-order valence-electron chi connectivity index (χ0n) is 15.4. The molecule has 0 radical (unpaired) electrons. The second-order valence-corrected chi connectivity index (χ2v) is 6.97. The molecule has 0 aromatic carbocycles. The van der Waals surface area contributed by atoms with E-state index < -0.39 is 17.8 Å². The van der Waals surface area contributed by atoms with Crippen LogP contribution in [0.1, 0.15) is 40.6 Å². The van der Waals surface area contributed by atoms with Gasteiger partial charge in [-0.05, 0) is 42.5 Å². The highest BCUT2D eigenvalue weighted by Crippen LogP contribution is 2.38. The summed E-state index contributed by atoms with van der Waals surface area (Å²) >= 11 is 0. The number of hydrogen-bond donors (Lipinski definition) is 1. The van der Waals surface area contributed by atoms with Crippen LogP contribution in [0, 0.1) is 0 Å². The third kappa shape index (κ3) is 3.96. The Hall–Kier alpha value is -3.30. The van der Waals surface area contributed by atoms with E-state index in [1.54, 1.807) is 29.2 Å². The molecular weight excluding hydrogens is 385 g/mol. The summed E-state index contributed by atoms with van der Waals surface area (Å²) in [6.45, 7) is 0. The molecule has 3 heterocycles. The summed E-state index contributed by atoms with van der Waals surface area (Å²) in [5.74, 6) is -0.426. The van der Waals surface area contributed by atoms with Crippen LogP contribution >= 0.6 is 0 Å². The molecule has 4 rings (SSSR count). The number of hydrogen-bond acceptors (Lipinski definition) is 5. The first-order chi connectivity index (χ1) is 13.8. The van der Waals surface area contributed by atoms with Gasteiger partial charge in [0.25, 0.3) is 5.91 Å². The number of imidazole rings is 1. The monoisotopic (exact) mass is 402 g/mol. The predicted molar refractivity (Wildman–Crippen MR) is 96.7 cm³/mol. The first kappa shape index (κ1) is 19.0. The van der Waals surface area contributed by atoms with Crippen LogP contribution in [-0.2, 0) is 13.2 Å². The molecule has 1 saturated carbocycles. The molecule has 0 bridgehead atoms.